The van der Waals surface area contributed by atoms with Gasteiger partial charge < -0.3 is 19.5 Å². The summed E-state index contributed by atoms with van der Waals surface area (Å²) in [6.45, 7) is 2.22. The van der Waals surface area contributed by atoms with Gasteiger partial charge in [-0.25, -0.2) is 9.79 Å². The van der Waals surface area contributed by atoms with Crippen LogP contribution in [-0.2, 0) is 14.3 Å². The van der Waals surface area contributed by atoms with Crippen LogP contribution in [0.3, 0.4) is 0 Å². The van der Waals surface area contributed by atoms with Crippen molar-refractivity contribution in [3.05, 3.63) is 58.5 Å². The number of carbonyl (C=O) groups excluding carboxylic acids is 2. The van der Waals surface area contributed by atoms with Gasteiger partial charge in [-0.15, -0.1) is 0 Å². The Kier molecular flexibility index (Phi) is 6.46. The Morgan fingerprint density at radius 2 is 2.10 bits per heavy atom. The van der Waals surface area contributed by atoms with Gasteiger partial charge in [0, 0.05) is 17.8 Å². The van der Waals surface area contributed by atoms with Gasteiger partial charge in [0.05, 0.1) is 7.11 Å². The second-order valence-electron chi connectivity index (χ2n) is 5.85. The molecule has 0 aliphatic carbocycles. The van der Waals surface area contributed by atoms with Crippen LogP contribution in [-0.4, -0.2) is 43.0 Å². The second kappa shape index (κ2) is 9.20. The minimum absolute atomic E-state index is 0.0811. The van der Waals surface area contributed by atoms with Crippen molar-refractivity contribution in [3.63, 3.8) is 0 Å². The van der Waals surface area contributed by atoms with Crippen molar-refractivity contribution in [2.24, 2.45) is 4.99 Å². The minimum Gasteiger partial charge on any atom is -0.493 e. The lowest BCUT2D eigenvalue weighted by Gasteiger charge is -2.11. The van der Waals surface area contributed by atoms with E-state index in [2.05, 4.69) is 15.3 Å². The smallest absolute Gasteiger partial charge is 0.363 e. The molecule has 1 amide bonds. The van der Waals surface area contributed by atoms with Crippen molar-refractivity contribution in [2.75, 3.05) is 20.3 Å². The number of hydrogen-bond acceptors (Lipinski definition) is 7. The first kappa shape index (κ1) is 20.3. The number of aromatic nitrogens is 1. The number of hydrogen-bond donors (Lipinski definition) is 1. The van der Waals surface area contributed by atoms with Crippen molar-refractivity contribution in [1.29, 1.82) is 0 Å². The highest BCUT2D eigenvalue weighted by Crippen LogP contribution is 2.29. The summed E-state index contributed by atoms with van der Waals surface area (Å²) in [5.74, 6) is 0.0683. The molecule has 0 saturated carbocycles. The van der Waals surface area contributed by atoms with E-state index in [-0.39, 0.29) is 24.1 Å². The third-order valence-corrected chi connectivity index (χ3v) is 4.02. The molecular weight excluding hydrogens is 398 g/mol. The second-order valence-corrected chi connectivity index (χ2v) is 6.28. The van der Waals surface area contributed by atoms with Crippen molar-refractivity contribution in [3.8, 4) is 11.5 Å². The number of cyclic esters (lactones) is 1. The third kappa shape index (κ3) is 5.11. The molecule has 8 nitrogen and oxygen atoms in total. The quantitative estimate of drug-likeness (QED) is 0.551. The number of pyridine rings is 1. The van der Waals surface area contributed by atoms with E-state index in [1.807, 2.05) is 6.92 Å². The van der Waals surface area contributed by atoms with Gasteiger partial charge in [-0.1, -0.05) is 17.7 Å². The van der Waals surface area contributed by atoms with Crippen molar-refractivity contribution < 1.29 is 23.8 Å². The normalized spacial score (nSPS) is 14.4. The predicted octanol–water partition coefficient (Wildman–Crippen LogP) is 2.60. The first-order valence-electron chi connectivity index (χ1n) is 8.72. The van der Waals surface area contributed by atoms with Crippen LogP contribution < -0.4 is 14.8 Å². The minimum atomic E-state index is -0.600. The Balaban J connectivity index is 1.80. The van der Waals surface area contributed by atoms with E-state index in [0.717, 1.165) is 0 Å². The molecule has 0 fully saturated rings. The van der Waals surface area contributed by atoms with Crippen molar-refractivity contribution in [2.45, 2.75) is 6.92 Å². The molecular formula is C20H18ClN3O5. The fraction of sp³-hybridized carbons (Fsp3) is 0.200. The first-order chi connectivity index (χ1) is 14.0. The molecule has 1 aliphatic rings. The Hall–Kier alpha value is -3.39. The predicted molar refractivity (Wildman–Crippen MR) is 107 cm³/mol. The number of carbonyl (C=O) groups is 2. The number of methoxy groups -OCH3 is 1. The summed E-state index contributed by atoms with van der Waals surface area (Å²) in [7, 11) is 1.48. The van der Waals surface area contributed by atoms with Crippen LogP contribution in [0, 0.1) is 0 Å². The SMILES string of the molecule is CCNC(=O)COc1ccc(/C=C2\N=C(c3cc(Cl)ccn3)OC2=O)cc1OC. The lowest BCUT2D eigenvalue weighted by atomic mass is 10.1. The molecule has 0 bridgehead atoms. The Labute approximate surface area is 172 Å². The largest absolute Gasteiger partial charge is 0.493 e. The summed E-state index contributed by atoms with van der Waals surface area (Å²) >= 11 is 5.94. The van der Waals surface area contributed by atoms with Crippen LogP contribution >= 0.6 is 11.6 Å². The Morgan fingerprint density at radius 3 is 2.83 bits per heavy atom. The van der Waals surface area contributed by atoms with Gasteiger partial charge in [-0.2, -0.15) is 0 Å². The highest BCUT2D eigenvalue weighted by molar-refractivity contribution is 6.31. The van der Waals surface area contributed by atoms with Gasteiger partial charge in [0.25, 0.3) is 5.91 Å². The Bertz CT molecular complexity index is 1000. The van der Waals surface area contributed by atoms with E-state index in [9.17, 15) is 9.59 Å². The lowest BCUT2D eigenvalue weighted by molar-refractivity contribution is -0.130. The molecule has 1 aliphatic heterocycles. The zero-order valence-electron chi connectivity index (χ0n) is 15.8. The number of rotatable bonds is 7. The van der Waals surface area contributed by atoms with Gasteiger partial charge in [-0.05, 0) is 42.8 Å². The fourth-order valence-corrected chi connectivity index (χ4v) is 2.64. The summed E-state index contributed by atoms with van der Waals surface area (Å²) < 4.78 is 16.0. The number of ether oxygens (including phenoxy) is 3. The highest BCUT2D eigenvalue weighted by atomic mass is 35.5. The molecule has 3 rings (SSSR count). The molecule has 1 aromatic heterocycles. The monoisotopic (exact) mass is 415 g/mol. The number of nitrogens with zero attached hydrogens (tertiary/aromatic N) is 2. The average molecular weight is 416 g/mol. The van der Waals surface area contributed by atoms with Crippen LogP contribution in [0.5, 0.6) is 11.5 Å². The molecule has 1 N–H and O–H groups in total. The van der Waals surface area contributed by atoms with Crippen LogP contribution in [0.15, 0.2) is 47.2 Å². The lowest BCUT2D eigenvalue weighted by Crippen LogP contribution is -2.28. The van der Waals surface area contributed by atoms with Crippen LogP contribution in [0.1, 0.15) is 18.2 Å². The maximum absolute atomic E-state index is 12.1. The molecule has 9 heteroatoms. The molecule has 0 spiro atoms. The first-order valence-corrected chi connectivity index (χ1v) is 9.10. The molecule has 2 aromatic rings. The van der Waals surface area contributed by atoms with Gasteiger partial charge in [-0.3, -0.25) is 9.78 Å². The van der Waals surface area contributed by atoms with Crippen LogP contribution in [0.25, 0.3) is 6.08 Å². The van der Waals surface area contributed by atoms with E-state index in [1.54, 1.807) is 36.4 Å². The molecule has 150 valence electrons. The third-order valence-electron chi connectivity index (χ3n) is 3.79. The molecule has 2 heterocycles. The number of benzene rings is 1. The number of aliphatic imine (C=N–C) groups is 1. The van der Waals surface area contributed by atoms with E-state index in [0.29, 0.717) is 34.3 Å². The number of amides is 1. The van der Waals surface area contributed by atoms with Crippen molar-refractivity contribution >= 4 is 35.5 Å². The van der Waals surface area contributed by atoms with Gasteiger partial charge in [0.1, 0.15) is 5.69 Å². The molecule has 0 atom stereocenters. The molecule has 0 saturated heterocycles. The van der Waals surface area contributed by atoms with Gasteiger partial charge in [0.2, 0.25) is 5.90 Å². The molecule has 1 aromatic carbocycles. The fourth-order valence-electron chi connectivity index (χ4n) is 2.48. The zero-order chi connectivity index (χ0) is 20.8. The number of esters is 1. The summed E-state index contributed by atoms with van der Waals surface area (Å²) in [6, 6.07) is 8.19. The molecule has 0 radical (unpaired) electrons. The van der Waals surface area contributed by atoms with Crippen LogP contribution in [0.2, 0.25) is 5.02 Å². The zero-order valence-corrected chi connectivity index (χ0v) is 16.5. The number of halogens is 1. The van der Waals surface area contributed by atoms with Crippen LogP contribution in [0.4, 0.5) is 0 Å². The number of likely N-dealkylation sites (N-methyl/N-ethyl adjacent to an activating group) is 1. The van der Waals surface area contributed by atoms with E-state index in [4.69, 9.17) is 25.8 Å². The summed E-state index contributed by atoms with van der Waals surface area (Å²) in [5, 5.41) is 3.10. The average Bonchev–Trinajstić information content (AvgIpc) is 3.07. The highest BCUT2D eigenvalue weighted by Gasteiger charge is 2.25. The van der Waals surface area contributed by atoms with E-state index >= 15 is 0 Å². The number of nitrogens with one attached hydrogen (secondary N) is 1. The molecule has 0 unspecified atom stereocenters. The van der Waals surface area contributed by atoms with Gasteiger partial charge in [0.15, 0.2) is 23.8 Å². The van der Waals surface area contributed by atoms with Gasteiger partial charge >= 0.3 is 5.97 Å². The van der Waals surface area contributed by atoms with E-state index < -0.39 is 5.97 Å². The Morgan fingerprint density at radius 1 is 1.28 bits per heavy atom. The van der Waals surface area contributed by atoms with Crippen molar-refractivity contribution in [1.82, 2.24) is 10.3 Å². The summed E-state index contributed by atoms with van der Waals surface area (Å²) in [5.41, 5.74) is 1.11. The standard InChI is InChI=1S/C20H18ClN3O5/c1-3-22-18(25)11-28-16-5-4-12(9-17(16)27-2)8-15-20(26)29-19(24-15)14-10-13(21)6-7-23-14/h4-10H,3,11H2,1-2H3,(H,22,25)/b15-8-. The molecule has 29 heavy (non-hydrogen) atoms. The summed E-state index contributed by atoms with van der Waals surface area (Å²) in [4.78, 5) is 32.0. The summed E-state index contributed by atoms with van der Waals surface area (Å²) in [6.07, 6.45) is 3.05. The maximum atomic E-state index is 12.1. The topological polar surface area (TPSA) is 99.1 Å². The van der Waals surface area contributed by atoms with E-state index in [1.165, 1.54) is 13.3 Å². The maximum Gasteiger partial charge on any atom is 0.363 e.